The third kappa shape index (κ3) is 2.98. The van der Waals surface area contributed by atoms with Gasteiger partial charge in [-0.25, -0.2) is 0 Å². The van der Waals surface area contributed by atoms with Gasteiger partial charge in [-0.15, -0.1) is 0 Å². The molecule has 1 N–H and O–H groups in total. The van der Waals surface area contributed by atoms with Crippen LogP contribution in [0.1, 0.15) is 18.4 Å². The van der Waals surface area contributed by atoms with Crippen molar-refractivity contribution in [2.24, 2.45) is 0 Å². The van der Waals surface area contributed by atoms with E-state index in [1.54, 1.807) is 19.1 Å². The summed E-state index contributed by atoms with van der Waals surface area (Å²) in [5, 5.41) is 14.3. The lowest BCUT2D eigenvalue weighted by Gasteiger charge is -2.30. The minimum Gasteiger partial charge on any atom is -0.381 e. The quantitative estimate of drug-likeness (QED) is 0.660. The second kappa shape index (κ2) is 5.35. The summed E-state index contributed by atoms with van der Waals surface area (Å²) in [6, 6.07) is 5.72. The molecule has 2 rings (SSSR count). The van der Waals surface area contributed by atoms with Crippen LogP contribution in [0.3, 0.4) is 0 Å². The van der Waals surface area contributed by atoms with Crippen LogP contribution in [-0.2, 0) is 0 Å². The molecule has 1 saturated heterocycles. The Morgan fingerprint density at radius 1 is 1.50 bits per heavy atom. The van der Waals surface area contributed by atoms with Gasteiger partial charge in [0.1, 0.15) is 0 Å². The normalized spacial score (nSPS) is 20.7. The second-order valence-electron chi connectivity index (χ2n) is 5.00. The van der Waals surface area contributed by atoms with E-state index in [0.29, 0.717) is 11.6 Å². The van der Waals surface area contributed by atoms with Gasteiger partial charge in [-0.05, 0) is 39.4 Å². The fourth-order valence-corrected chi connectivity index (χ4v) is 2.42. The molecule has 1 heterocycles. The molecule has 18 heavy (non-hydrogen) atoms. The zero-order chi connectivity index (χ0) is 13.1. The predicted molar refractivity (Wildman–Crippen MR) is 72.0 cm³/mol. The first-order valence-corrected chi connectivity index (χ1v) is 6.26. The largest absolute Gasteiger partial charge is 0.381 e. The van der Waals surface area contributed by atoms with Crippen LogP contribution >= 0.6 is 0 Å². The molecule has 0 aromatic heterocycles. The van der Waals surface area contributed by atoms with Gasteiger partial charge in [-0.2, -0.15) is 0 Å². The highest BCUT2D eigenvalue weighted by molar-refractivity contribution is 5.55. The number of likely N-dealkylation sites (N-methyl/N-ethyl adjacent to an activating group) is 1. The van der Waals surface area contributed by atoms with E-state index in [1.807, 2.05) is 6.07 Å². The Morgan fingerprint density at radius 2 is 2.28 bits per heavy atom. The minimum absolute atomic E-state index is 0.184. The molecule has 0 aliphatic carbocycles. The Bertz CT molecular complexity index is 448. The SMILES string of the molecule is Cc1ccc(NC2CCCN(C)C2)cc1[N+](=O)[O-]. The summed E-state index contributed by atoms with van der Waals surface area (Å²) >= 11 is 0. The van der Waals surface area contributed by atoms with Crippen molar-refractivity contribution in [3.05, 3.63) is 33.9 Å². The number of nitro groups is 1. The molecule has 1 atom stereocenters. The van der Waals surface area contributed by atoms with E-state index < -0.39 is 0 Å². The lowest BCUT2D eigenvalue weighted by atomic mass is 10.1. The number of likely N-dealkylation sites (tertiary alicyclic amines) is 1. The van der Waals surface area contributed by atoms with Crippen LogP contribution in [0.5, 0.6) is 0 Å². The molecule has 1 aliphatic rings. The minimum atomic E-state index is -0.326. The number of anilines is 1. The number of nitrogens with one attached hydrogen (secondary N) is 1. The summed E-state index contributed by atoms with van der Waals surface area (Å²) in [5.74, 6) is 0. The Kier molecular flexibility index (Phi) is 3.81. The molecule has 5 heteroatoms. The van der Waals surface area contributed by atoms with Crippen molar-refractivity contribution in [1.29, 1.82) is 0 Å². The molecule has 0 saturated carbocycles. The van der Waals surface area contributed by atoms with Gasteiger partial charge in [0.05, 0.1) is 4.92 Å². The van der Waals surface area contributed by atoms with E-state index >= 15 is 0 Å². The van der Waals surface area contributed by atoms with Gasteiger partial charge >= 0.3 is 0 Å². The molecule has 0 amide bonds. The lowest BCUT2D eigenvalue weighted by molar-refractivity contribution is -0.385. The second-order valence-corrected chi connectivity index (χ2v) is 5.00. The van der Waals surface area contributed by atoms with E-state index in [9.17, 15) is 10.1 Å². The number of aryl methyl sites for hydroxylation is 1. The number of hydrogen-bond donors (Lipinski definition) is 1. The third-order valence-corrected chi connectivity index (χ3v) is 3.40. The monoisotopic (exact) mass is 249 g/mol. The third-order valence-electron chi connectivity index (χ3n) is 3.40. The van der Waals surface area contributed by atoms with Gasteiger partial charge in [-0.1, -0.05) is 6.07 Å². The van der Waals surface area contributed by atoms with Crippen molar-refractivity contribution in [3.63, 3.8) is 0 Å². The molecular formula is C13H19N3O2. The van der Waals surface area contributed by atoms with E-state index in [0.717, 1.165) is 25.2 Å². The molecule has 0 bridgehead atoms. The molecule has 0 radical (unpaired) electrons. The number of nitro benzene ring substituents is 1. The lowest BCUT2D eigenvalue weighted by Crippen LogP contribution is -2.39. The van der Waals surface area contributed by atoms with E-state index in [1.165, 1.54) is 6.42 Å². The number of nitrogens with zero attached hydrogens (tertiary/aromatic N) is 2. The molecule has 1 fully saturated rings. The van der Waals surface area contributed by atoms with Crippen LogP contribution < -0.4 is 5.32 Å². The number of piperidine rings is 1. The first kappa shape index (κ1) is 12.8. The molecule has 1 aromatic rings. The van der Waals surface area contributed by atoms with Gasteiger partial charge in [0.15, 0.2) is 0 Å². The molecule has 1 aliphatic heterocycles. The Balaban J connectivity index is 2.09. The van der Waals surface area contributed by atoms with Gasteiger partial charge in [0, 0.05) is 29.9 Å². The van der Waals surface area contributed by atoms with Crippen LogP contribution in [0.25, 0.3) is 0 Å². The predicted octanol–water partition coefficient (Wildman–Crippen LogP) is 2.41. The molecule has 5 nitrogen and oxygen atoms in total. The fraction of sp³-hybridized carbons (Fsp3) is 0.538. The zero-order valence-corrected chi connectivity index (χ0v) is 10.8. The first-order valence-electron chi connectivity index (χ1n) is 6.26. The smallest absolute Gasteiger partial charge is 0.274 e. The van der Waals surface area contributed by atoms with E-state index in [-0.39, 0.29) is 10.6 Å². The summed E-state index contributed by atoms with van der Waals surface area (Å²) in [5.41, 5.74) is 1.73. The highest BCUT2D eigenvalue weighted by atomic mass is 16.6. The maximum absolute atomic E-state index is 10.9. The number of hydrogen-bond acceptors (Lipinski definition) is 4. The van der Waals surface area contributed by atoms with E-state index in [2.05, 4.69) is 17.3 Å². The van der Waals surface area contributed by atoms with Crippen molar-refractivity contribution in [3.8, 4) is 0 Å². The van der Waals surface area contributed by atoms with Crippen molar-refractivity contribution in [1.82, 2.24) is 4.90 Å². The average molecular weight is 249 g/mol. The van der Waals surface area contributed by atoms with Crippen LogP contribution in [0.2, 0.25) is 0 Å². The summed E-state index contributed by atoms with van der Waals surface area (Å²) in [7, 11) is 2.10. The average Bonchev–Trinajstić information content (AvgIpc) is 2.31. The topological polar surface area (TPSA) is 58.4 Å². The van der Waals surface area contributed by atoms with Gasteiger partial charge in [-0.3, -0.25) is 10.1 Å². The van der Waals surface area contributed by atoms with Crippen molar-refractivity contribution in [2.45, 2.75) is 25.8 Å². The first-order chi connectivity index (χ1) is 8.56. The highest BCUT2D eigenvalue weighted by Crippen LogP contribution is 2.24. The van der Waals surface area contributed by atoms with Gasteiger partial charge in [0.2, 0.25) is 0 Å². The molecule has 98 valence electrons. The molecule has 0 spiro atoms. The maximum Gasteiger partial charge on any atom is 0.274 e. The van der Waals surface area contributed by atoms with Gasteiger partial charge < -0.3 is 10.2 Å². The van der Waals surface area contributed by atoms with Crippen LogP contribution in [0.15, 0.2) is 18.2 Å². The van der Waals surface area contributed by atoms with Crippen molar-refractivity contribution < 1.29 is 4.92 Å². The Labute approximate surface area is 107 Å². The molecule has 1 unspecified atom stereocenters. The molecule has 1 aromatic carbocycles. The fourth-order valence-electron chi connectivity index (χ4n) is 2.42. The van der Waals surface area contributed by atoms with Crippen LogP contribution in [-0.4, -0.2) is 36.0 Å². The zero-order valence-electron chi connectivity index (χ0n) is 10.8. The standard InChI is InChI=1S/C13H19N3O2/c1-10-5-6-11(8-13(10)16(17)18)14-12-4-3-7-15(2)9-12/h5-6,8,12,14H,3-4,7,9H2,1-2H3. The highest BCUT2D eigenvalue weighted by Gasteiger charge is 2.18. The summed E-state index contributed by atoms with van der Waals surface area (Å²) in [6.45, 7) is 3.88. The summed E-state index contributed by atoms with van der Waals surface area (Å²) in [6.07, 6.45) is 2.29. The maximum atomic E-state index is 10.9. The number of rotatable bonds is 3. The number of benzene rings is 1. The van der Waals surface area contributed by atoms with Gasteiger partial charge in [0.25, 0.3) is 5.69 Å². The Morgan fingerprint density at radius 3 is 2.94 bits per heavy atom. The van der Waals surface area contributed by atoms with Crippen LogP contribution in [0, 0.1) is 17.0 Å². The summed E-state index contributed by atoms with van der Waals surface area (Å²) in [4.78, 5) is 12.8. The summed E-state index contributed by atoms with van der Waals surface area (Å²) < 4.78 is 0. The van der Waals surface area contributed by atoms with Crippen LogP contribution in [0.4, 0.5) is 11.4 Å². The Hall–Kier alpha value is -1.62. The van der Waals surface area contributed by atoms with Crippen molar-refractivity contribution in [2.75, 3.05) is 25.5 Å². The van der Waals surface area contributed by atoms with E-state index in [4.69, 9.17) is 0 Å². The van der Waals surface area contributed by atoms with Crippen molar-refractivity contribution >= 4 is 11.4 Å². The molecular weight excluding hydrogens is 230 g/mol.